The number of alkyl halides is 3. The second-order valence-electron chi connectivity index (χ2n) is 8.84. The van der Waals surface area contributed by atoms with Gasteiger partial charge in [-0.3, -0.25) is 0 Å². The molecule has 0 amide bonds. The minimum absolute atomic E-state index is 0.138. The first-order valence-corrected chi connectivity index (χ1v) is 11.7. The van der Waals surface area contributed by atoms with E-state index in [1.54, 1.807) is 71.9 Å². The Kier molecular flexibility index (Phi) is 6.99. The van der Waals surface area contributed by atoms with Crippen LogP contribution in [0.3, 0.4) is 0 Å². The van der Waals surface area contributed by atoms with Gasteiger partial charge >= 0.3 is 15.6 Å². The smallest absolute Gasteiger partial charge is 0.435 e. The summed E-state index contributed by atoms with van der Waals surface area (Å²) >= 11 is 0. The summed E-state index contributed by atoms with van der Waals surface area (Å²) in [4.78, 5) is 3.88. The van der Waals surface area contributed by atoms with Crippen molar-refractivity contribution in [1.29, 1.82) is 0 Å². The molecular weight excluding hydrogens is 457 g/mol. The predicted octanol–water partition coefficient (Wildman–Crippen LogP) is 4.71. The summed E-state index contributed by atoms with van der Waals surface area (Å²) < 4.78 is 87.0. The fourth-order valence-electron chi connectivity index (χ4n) is 2.32. The van der Waals surface area contributed by atoms with Crippen LogP contribution >= 0.6 is 0 Å². The third-order valence-corrected chi connectivity index (χ3v) is 6.53. The van der Waals surface area contributed by atoms with Crippen LogP contribution in [0.1, 0.15) is 53.3 Å². The van der Waals surface area contributed by atoms with Crippen molar-refractivity contribution in [2.45, 2.75) is 57.8 Å². The Morgan fingerprint density at radius 1 is 1.06 bits per heavy atom. The van der Waals surface area contributed by atoms with E-state index in [0.29, 0.717) is 5.56 Å². The minimum atomic E-state index is -6.00. The summed E-state index contributed by atoms with van der Waals surface area (Å²) in [6.45, 7) is 10.3. The van der Waals surface area contributed by atoms with Crippen molar-refractivity contribution >= 4 is 21.1 Å². The van der Waals surface area contributed by atoms with Gasteiger partial charge in [0, 0.05) is 5.56 Å². The third-order valence-electron chi connectivity index (χ3n) is 4.02. The zero-order valence-electron chi connectivity index (χ0n) is 17.9. The predicted molar refractivity (Wildman–Crippen MR) is 111 cm³/mol. The van der Waals surface area contributed by atoms with Crippen LogP contribution in [0.25, 0.3) is 11.5 Å². The molecule has 2 rings (SSSR count). The van der Waals surface area contributed by atoms with Gasteiger partial charge in [-0.15, -0.1) is 0 Å². The first kappa shape index (κ1) is 25.3. The van der Waals surface area contributed by atoms with E-state index in [-0.39, 0.29) is 11.7 Å². The maximum absolute atomic E-state index is 12.9. The van der Waals surface area contributed by atoms with Crippen molar-refractivity contribution in [3.05, 3.63) is 36.1 Å². The molecule has 1 aromatic carbocycles. The lowest BCUT2D eigenvalue weighted by Gasteiger charge is -2.32. The molecule has 1 heterocycles. The summed E-state index contributed by atoms with van der Waals surface area (Å²) in [6, 6.07) is 7.21. The molecule has 0 radical (unpaired) electrons. The van der Waals surface area contributed by atoms with Crippen LogP contribution < -0.4 is 8.91 Å². The van der Waals surface area contributed by atoms with Crippen molar-refractivity contribution in [1.82, 2.24) is 9.71 Å². The lowest BCUT2D eigenvalue weighted by atomic mass is 9.86. The molecule has 2 aromatic rings. The Morgan fingerprint density at radius 3 is 2.06 bits per heavy atom. The molecule has 0 aliphatic heterocycles. The Hall–Kier alpha value is -1.92. The van der Waals surface area contributed by atoms with Crippen LogP contribution in [0.15, 0.2) is 34.7 Å². The molecule has 1 aromatic heterocycles. The number of hydrogen-bond donors (Lipinski definition) is 1. The number of benzene rings is 1. The molecule has 2 atom stereocenters. The molecule has 0 aliphatic carbocycles. The topological polar surface area (TPSA) is 98.5 Å². The van der Waals surface area contributed by atoms with Crippen LogP contribution in [-0.4, -0.2) is 27.9 Å². The zero-order chi connectivity index (χ0) is 23.8. The first-order valence-electron chi connectivity index (χ1n) is 9.18. The normalized spacial score (nSPS) is 15.5. The summed E-state index contributed by atoms with van der Waals surface area (Å²) in [6.07, 6.45) is 0. The highest BCUT2D eigenvalue weighted by atomic mass is 32.2. The summed E-state index contributed by atoms with van der Waals surface area (Å²) in [5.74, 6) is -1.31. The number of halogens is 3. The Balaban J connectivity index is 2.66. The molecule has 0 unspecified atom stereocenters. The number of rotatable bonds is 6. The second-order valence-corrected chi connectivity index (χ2v) is 12.4. The summed E-state index contributed by atoms with van der Waals surface area (Å²) in [5, 5.41) is 0. The lowest BCUT2D eigenvalue weighted by molar-refractivity contribution is -0.0501. The minimum Gasteiger partial charge on any atom is -0.435 e. The molecular formula is C19H25F3N2O5S2. The van der Waals surface area contributed by atoms with E-state index in [0.717, 1.165) is 0 Å². The number of nitrogens with one attached hydrogen (secondary N) is 1. The van der Waals surface area contributed by atoms with E-state index in [4.69, 9.17) is 4.42 Å². The second kappa shape index (κ2) is 8.55. The Bertz CT molecular complexity index is 1040. The molecule has 0 fully saturated rings. The van der Waals surface area contributed by atoms with E-state index in [9.17, 15) is 25.8 Å². The zero-order valence-corrected chi connectivity index (χ0v) is 19.5. The van der Waals surface area contributed by atoms with Gasteiger partial charge in [0.2, 0.25) is 5.89 Å². The first-order chi connectivity index (χ1) is 13.9. The number of nitrogens with zero attached hydrogens (tertiary/aromatic N) is 1. The molecule has 0 saturated carbocycles. The maximum Gasteiger partial charge on any atom is 0.534 e. The third kappa shape index (κ3) is 6.07. The van der Waals surface area contributed by atoms with Crippen LogP contribution in [0.4, 0.5) is 13.2 Å². The van der Waals surface area contributed by atoms with Gasteiger partial charge in [-0.25, -0.2) is 8.93 Å². The SMILES string of the molecule is CC(C)(C)[C@@H](N[S@@](=O)C(C)(C)C)c1oc(-c2ccccc2)nc1OS(=O)(=O)C(F)(F)F. The molecule has 0 aliphatic rings. The van der Waals surface area contributed by atoms with E-state index in [1.165, 1.54) is 0 Å². The van der Waals surface area contributed by atoms with Crippen LogP contribution in [0, 0.1) is 5.41 Å². The van der Waals surface area contributed by atoms with Gasteiger partial charge < -0.3 is 8.60 Å². The van der Waals surface area contributed by atoms with Gasteiger partial charge in [0.1, 0.15) is 0 Å². The van der Waals surface area contributed by atoms with Crippen LogP contribution in [-0.2, 0) is 21.1 Å². The largest absolute Gasteiger partial charge is 0.534 e. The quantitative estimate of drug-likeness (QED) is 0.473. The molecule has 12 heteroatoms. The fourth-order valence-corrected chi connectivity index (χ4v) is 3.77. The average molecular weight is 483 g/mol. The van der Waals surface area contributed by atoms with Crippen molar-refractivity contribution in [2.75, 3.05) is 0 Å². The maximum atomic E-state index is 12.9. The van der Waals surface area contributed by atoms with Crippen LogP contribution in [0.5, 0.6) is 5.88 Å². The fraction of sp³-hybridized carbons (Fsp3) is 0.526. The molecule has 0 saturated heterocycles. The summed E-state index contributed by atoms with van der Waals surface area (Å²) in [7, 11) is -7.67. The van der Waals surface area contributed by atoms with Gasteiger partial charge in [-0.1, -0.05) is 39.0 Å². The van der Waals surface area contributed by atoms with Crippen molar-refractivity contribution < 1.29 is 34.4 Å². The highest BCUT2D eigenvalue weighted by Crippen LogP contribution is 2.42. The standard InChI is InChI=1S/C19H25F3N2O5S2/c1-17(2,3)14(24-30(25)18(4,5)6)13-16(29-31(26,27)19(20,21)22)23-15(28-13)12-10-8-7-9-11-12/h7-11,14,24H,1-6H3/t14-,30-/m0/s1. The molecule has 31 heavy (non-hydrogen) atoms. The lowest BCUT2D eigenvalue weighted by Crippen LogP contribution is -2.40. The molecule has 0 spiro atoms. The summed E-state index contributed by atoms with van der Waals surface area (Å²) in [5.41, 5.74) is -6.03. The monoisotopic (exact) mass is 482 g/mol. The molecule has 0 bridgehead atoms. The van der Waals surface area contributed by atoms with E-state index in [1.807, 2.05) is 0 Å². The van der Waals surface area contributed by atoms with Gasteiger partial charge in [0.25, 0.3) is 5.88 Å². The van der Waals surface area contributed by atoms with Crippen LogP contribution in [0.2, 0.25) is 0 Å². The molecule has 1 N–H and O–H groups in total. The number of oxazole rings is 1. The van der Waals surface area contributed by atoms with Gasteiger partial charge in [0.15, 0.2) is 5.76 Å². The van der Waals surface area contributed by atoms with Gasteiger partial charge in [0.05, 0.1) is 21.8 Å². The van der Waals surface area contributed by atoms with Crippen molar-refractivity contribution in [3.63, 3.8) is 0 Å². The average Bonchev–Trinajstić information content (AvgIpc) is 3.00. The number of aromatic nitrogens is 1. The molecule has 174 valence electrons. The van der Waals surface area contributed by atoms with Gasteiger partial charge in [-0.05, 0) is 38.3 Å². The van der Waals surface area contributed by atoms with Crippen molar-refractivity contribution in [2.24, 2.45) is 5.41 Å². The van der Waals surface area contributed by atoms with E-state index in [2.05, 4.69) is 13.9 Å². The number of hydrogen-bond acceptors (Lipinski definition) is 6. The van der Waals surface area contributed by atoms with E-state index < -0.39 is 48.7 Å². The highest BCUT2D eigenvalue weighted by Gasteiger charge is 2.50. The Labute approximate surface area is 182 Å². The highest BCUT2D eigenvalue weighted by molar-refractivity contribution is 7.88. The van der Waals surface area contributed by atoms with Gasteiger partial charge in [-0.2, -0.15) is 26.6 Å². The Morgan fingerprint density at radius 2 is 1.61 bits per heavy atom. The molecule has 7 nitrogen and oxygen atoms in total. The van der Waals surface area contributed by atoms with Crippen molar-refractivity contribution in [3.8, 4) is 17.3 Å². The van der Waals surface area contributed by atoms with E-state index >= 15 is 0 Å².